The molecule has 0 radical (unpaired) electrons. The highest BCUT2D eigenvalue weighted by Gasteiger charge is 2.20. The van der Waals surface area contributed by atoms with Crippen molar-refractivity contribution in [3.05, 3.63) is 61.0 Å². The monoisotopic (exact) mass is 404 g/mol. The Kier molecular flexibility index (Phi) is 4.05. The normalized spacial score (nSPS) is 12.5. The van der Waals surface area contributed by atoms with Crippen molar-refractivity contribution in [3.63, 3.8) is 0 Å². The van der Waals surface area contributed by atoms with Gasteiger partial charge in [0.15, 0.2) is 17.7 Å². The van der Waals surface area contributed by atoms with Gasteiger partial charge in [-0.25, -0.2) is 23.9 Å². The van der Waals surface area contributed by atoms with Crippen LogP contribution < -0.4 is 10.5 Å². The van der Waals surface area contributed by atoms with E-state index in [1.54, 1.807) is 54.7 Å². The van der Waals surface area contributed by atoms with Crippen molar-refractivity contribution in [2.45, 2.75) is 13.0 Å². The van der Waals surface area contributed by atoms with Crippen molar-refractivity contribution in [3.8, 4) is 16.9 Å². The SMILES string of the molecule is C[C@H](Oc1ccc(-c2ccn3nccc3c2F)c2ncnc(N)c12)c1ncn(C)n1. The Hall–Kier alpha value is -4.08. The fourth-order valence-corrected chi connectivity index (χ4v) is 3.44. The Bertz CT molecular complexity index is 1390. The van der Waals surface area contributed by atoms with E-state index in [9.17, 15) is 0 Å². The predicted octanol–water partition coefficient (Wildman–Crippen LogP) is 2.93. The summed E-state index contributed by atoms with van der Waals surface area (Å²) in [6.45, 7) is 1.84. The predicted molar refractivity (Wildman–Crippen MR) is 108 cm³/mol. The lowest BCUT2D eigenvalue weighted by molar-refractivity contribution is 0.219. The highest BCUT2D eigenvalue weighted by atomic mass is 19.1. The molecule has 5 rings (SSSR count). The van der Waals surface area contributed by atoms with Crippen LogP contribution in [0, 0.1) is 5.82 Å². The number of anilines is 1. The topological polar surface area (TPSA) is 109 Å². The van der Waals surface area contributed by atoms with Gasteiger partial charge in [0.05, 0.1) is 17.1 Å². The van der Waals surface area contributed by atoms with Gasteiger partial charge in [-0.1, -0.05) is 0 Å². The van der Waals surface area contributed by atoms with Gasteiger partial charge in [-0.15, -0.1) is 0 Å². The zero-order valence-electron chi connectivity index (χ0n) is 16.2. The fourth-order valence-electron chi connectivity index (χ4n) is 3.44. The van der Waals surface area contributed by atoms with Crippen LogP contribution in [0.4, 0.5) is 10.2 Å². The summed E-state index contributed by atoms with van der Waals surface area (Å²) in [6, 6.07) is 6.76. The van der Waals surface area contributed by atoms with Gasteiger partial charge < -0.3 is 10.5 Å². The lowest BCUT2D eigenvalue weighted by Gasteiger charge is -2.16. The Balaban J connectivity index is 1.66. The second kappa shape index (κ2) is 6.76. The molecule has 0 aliphatic heterocycles. The summed E-state index contributed by atoms with van der Waals surface area (Å²) in [5, 5.41) is 8.84. The number of fused-ring (bicyclic) bond motifs is 2. The minimum Gasteiger partial charge on any atom is -0.482 e. The molecule has 4 heterocycles. The van der Waals surface area contributed by atoms with Crippen LogP contribution in [0.25, 0.3) is 27.5 Å². The molecule has 2 N–H and O–H groups in total. The van der Waals surface area contributed by atoms with Crippen LogP contribution in [-0.4, -0.2) is 34.3 Å². The maximum atomic E-state index is 15.2. The maximum Gasteiger partial charge on any atom is 0.191 e. The molecule has 0 unspecified atom stereocenters. The van der Waals surface area contributed by atoms with E-state index in [-0.39, 0.29) is 5.82 Å². The number of ether oxygens (including phenoxy) is 1. The van der Waals surface area contributed by atoms with Gasteiger partial charge in [0.2, 0.25) is 0 Å². The van der Waals surface area contributed by atoms with Crippen molar-refractivity contribution in [2.24, 2.45) is 7.05 Å². The summed E-state index contributed by atoms with van der Waals surface area (Å²) in [7, 11) is 1.78. The minimum absolute atomic E-state index is 0.240. The van der Waals surface area contributed by atoms with Crippen LogP contribution >= 0.6 is 0 Å². The summed E-state index contributed by atoms with van der Waals surface area (Å²) >= 11 is 0. The molecular formula is C20H17FN8O. The molecule has 150 valence electrons. The molecule has 10 heteroatoms. The number of rotatable bonds is 4. The first-order valence-electron chi connectivity index (χ1n) is 9.20. The molecule has 0 aliphatic rings. The summed E-state index contributed by atoms with van der Waals surface area (Å²) in [6.07, 6.45) is 5.76. The van der Waals surface area contributed by atoms with Crippen molar-refractivity contribution in [1.82, 2.24) is 34.3 Å². The first kappa shape index (κ1) is 18.0. The van der Waals surface area contributed by atoms with Crippen LogP contribution in [0.2, 0.25) is 0 Å². The van der Waals surface area contributed by atoms with Crippen LogP contribution in [0.5, 0.6) is 5.75 Å². The zero-order chi connectivity index (χ0) is 20.8. The van der Waals surface area contributed by atoms with Crippen LogP contribution in [0.3, 0.4) is 0 Å². The smallest absolute Gasteiger partial charge is 0.191 e. The second-order valence-electron chi connectivity index (χ2n) is 6.83. The van der Waals surface area contributed by atoms with Crippen molar-refractivity contribution < 1.29 is 9.13 Å². The first-order chi connectivity index (χ1) is 14.5. The maximum absolute atomic E-state index is 15.2. The molecule has 0 spiro atoms. The molecule has 0 amide bonds. The highest BCUT2D eigenvalue weighted by Crippen LogP contribution is 2.38. The van der Waals surface area contributed by atoms with E-state index in [1.807, 2.05) is 6.92 Å². The molecule has 5 aromatic rings. The number of nitrogens with two attached hydrogens (primary N) is 1. The van der Waals surface area contributed by atoms with Gasteiger partial charge in [-0.05, 0) is 31.2 Å². The molecule has 0 saturated carbocycles. The molecule has 0 fully saturated rings. The van der Waals surface area contributed by atoms with Crippen molar-refractivity contribution in [2.75, 3.05) is 5.73 Å². The molecule has 0 bridgehead atoms. The van der Waals surface area contributed by atoms with E-state index in [1.165, 1.54) is 10.8 Å². The van der Waals surface area contributed by atoms with Crippen LogP contribution in [0.1, 0.15) is 18.9 Å². The van der Waals surface area contributed by atoms with Gasteiger partial charge in [-0.3, -0.25) is 4.68 Å². The number of benzene rings is 1. The average molecular weight is 404 g/mol. The Labute approximate surface area is 170 Å². The number of pyridine rings is 1. The lowest BCUT2D eigenvalue weighted by Crippen LogP contribution is -2.07. The molecule has 4 aromatic heterocycles. The highest BCUT2D eigenvalue weighted by molar-refractivity contribution is 6.02. The lowest BCUT2D eigenvalue weighted by atomic mass is 10.0. The standard InChI is InChI=1S/C20H17FN8O/c1-11(20-25-10-28(2)27-20)30-15-4-3-13(18-16(15)19(22)24-9-23-18)12-6-8-29-14(17(12)21)5-7-26-29/h3-11H,1-2H3,(H2,22,23,24)/t11-/m0/s1. The zero-order valence-corrected chi connectivity index (χ0v) is 16.2. The van der Waals surface area contributed by atoms with Crippen LogP contribution in [0.15, 0.2) is 49.3 Å². The Morgan fingerprint density at radius 2 is 1.97 bits per heavy atom. The Morgan fingerprint density at radius 3 is 2.77 bits per heavy atom. The molecular weight excluding hydrogens is 387 g/mol. The van der Waals surface area contributed by atoms with E-state index in [2.05, 4.69) is 25.1 Å². The summed E-state index contributed by atoms with van der Waals surface area (Å²) in [5.74, 6) is 0.845. The third kappa shape index (κ3) is 2.81. The number of hydrogen-bond acceptors (Lipinski definition) is 7. The van der Waals surface area contributed by atoms with E-state index in [4.69, 9.17) is 10.5 Å². The molecule has 9 nitrogen and oxygen atoms in total. The number of hydrogen-bond donors (Lipinski definition) is 1. The molecule has 30 heavy (non-hydrogen) atoms. The summed E-state index contributed by atoms with van der Waals surface area (Å²) in [4.78, 5) is 12.7. The molecule has 1 aromatic carbocycles. The van der Waals surface area contributed by atoms with Crippen LogP contribution in [-0.2, 0) is 7.05 Å². The van der Waals surface area contributed by atoms with Crippen molar-refractivity contribution >= 4 is 22.2 Å². The summed E-state index contributed by atoms with van der Waals surface area (Å²) < 4.78 is 24.3. The minimum atomic E-state index is -0.431. The van der Waals surface area contributed by atoms with Crippen molar-refractivity contribution in [1.29, 1.82) is 0 Å². The number of aryl methyl sites for hydroxylation is 1. The van der Waals surface area contributed by atoms with E-state index < -0.39 is 11.9 Å². The third-order valence-corrected chi connectivity index (χ3v) is 4.87. The van der Waals surface area contributed by atoms with Gasteiger partial charge in [0.1, 0.15) is 29.7 Å². The number of aromatic nitrogens is 7. The largest absolute Gasteiger partial charge is 0.482 e. The molecule has 1 atom stereocenters. The van der Waals surface area contributed by atoms with E-state index in [0.29, 0.717) is 39.1 Å². The molecule has 0 aliphatic carbocycles. The summed E-state index contributed by atoms with van der Waals surface area (Å²) in [5.41, 5.74) is 7.99. The number of nitrogen functional groups attached to an aromatic ring is 1. The second-order valence-corrected chi connectivity index (χ2v) is 6.83. The number of halogens is 1. The van der Waals surface area contributed by atoms with E-state index >= 15 is 4.39 Å². The number of nitrogens with zero attached hydrogens (tertiary/aromatic N) is 7. The van der Waals surface area contributed by atoms with Gasteiger partial charge in [0, 0.05) is 24.4 Å². The van der Waals surface area contributed by atoms with E-state index in [0.717, 1.165) is 0 Å². The van der Waals surface area contributed by atoms with Gasteiger partial charge in [0.25, 0.3) is 0 Å². The average Bonchev–Trinajstić information content (AvgIpc) is 3.38. The fraction of sp³-hybridized carbons (Fsp3) is 0.150. The van der Waals surface area contributed by atoms with Gasteiger partial charge in [-0.2, -0.15) is 10.2 Å². The Morgan fingerprint density at radius 1 is 1.10 bits per heavy atom. The quantitative estimate of drug-likeness (QED) is 0.490. The molecule has 0 saturated heterocycles. The first-order valence-corrected chi connectivity index (χ1v) is 9.20. The van der Waals surface area contributed by atoms with Gasteiger partial charge >= 0.3 is 0 Å². The third-order valence-electron chi connectivity index (χ3n) is 4.87.